The second-order valence-corrected chi connectivity index (χ2v) is 9.65. The van der Waals surface area contributed by atoms with E-state index in [2.05, 4.69) is 69.8 Å². The topological polar surface area (TPSA) is 106 Å². The van der Waals surface area contributed by atoms with Gasteiger partial charge in [-0.25, -0.2) is 9.59 Å². The van der Waals surface area contributed by atoms with Gasteiger partial charge < -0.3 is 24.8 Å². The van der Waals surface area contributed by atoms with E-state index in [0.717, 1.165) is 39.1 Å². The van der Waals surface area contributed by atoms with Crippen LogP contribution < -0.4 is 4.90 Å². The van der Waals surface area contributed by atoms with Gasteiger partial charge in [-0.3, -0.25) is 4.90 Å². The lowest BCUT2D eigenvalue weighted by Gasteiger charge is -2.37. The van der Waals surface area contributed by atoms with Crippen LogP contribution in [0.2, 0.25) is 0 Å². The number of carboxylic acids is 2. The summed E-state index contributed by atoms with van der Waals surface area (Å²) in [6.07, 6.45) is 4.54. The molecule has 1 fully saturated rings. The van der Waals surface area contributed by atoms with Crippen LogP contribution in [0.25, 0.3) is 10.9 Å². The van der Waals surface area contributed by atoms with Crippen molar-refractivity contribution in [1.29, 1.82) is 0 Å². The van der Waals surface area contributed by atoms with Crippen LogP contribution in [0.3, 0.4) is 0 Å². The van der Waals surface area contributed by atoms with Crippen molar-refractivity contribution in [2.45, 2.75) is 45.3 Å². The summed E-state index contributed by atoms with van der Waals surface area (Å²) in [5, 5.41) is 27.1. The van der Waals surface area contributed by atoms with E-state index < -0.39 is 11.9 Å². The lowest BCUT2D eigenvalue weighted by Crippen LogP contribution is -2.49. The Morgan fingerprint density at radius 3 is 2.17 bits per heavy atom. The number of fused-ring (bicyclic) bond motifs is 3. The molecule has 1 aliphatic carbocycles. The van der Waals surface area contributed by atoms with E-state index in [1.807, 2.05) is 0 Å². The molecule has 8 nitrogen and oxygen atoms in total. The highest BCUT2D eigenvalue weighted by atomic mass is 16.4. The van der Waals surface area contributed by atoms with Gasteiger partial charge >= 0.3 is 11.9 Å². The van der Waals surface area contributed by atoms with Gasteiger partial charge in [0, 0.05) is 55.0 Å². The van der Waals surface area contributed by atoms with Gasteiger partial charge in [-0.2, -0.15) is 0 Å². The fourth-order valence-corrected chi connectivity index (χ4v) is 5.31. The predicted molar refractivity (Wildman–Crippen MR) is 140 cm³/mol. The molecule has 1 unspecified atom stereocenters. The molecule has 5 rings (SSSR count). The fourth-order valence-electron chi connectivity index (χ4n) is 5.31. The summed E-state index contributed by atoms with van der Waals surface area (Å²) in [6.45, 7) is 7.66. The first-order chi connectivity index (χ1) is 17.3. The largest absolute Gasteiger partial charge is 0.473 e. The molecule has 0 amide bonds. The van der Waals surface area contributed by atoms with E-state index in [9.17, 15) is 5.11 Å². The van der Waals surface area contributed by atoms with E-state index in [1.165, 1.54) is 52.7 Å². The first-order valence-corrected chi connectivity index (χ1v) is 12.6. The van der Waals surface area contributed by atoms with Crippen LogP contribution in [0, 0.1) is 6.92 Å². The number of para-hydroxylation sites is 1. The number of aliphatic hydroxyl groups excluding tert-OH is 1. The molecule has 1 aliphatic heterocycles. The van der Waals surface area contributed by atoms with Crippen LogP contribution in [0.15, 0.2) is 48.5 Å². The fraction of sp³-hybridized carbons (Fsp3) is 0.429. The second kappa shape index (κ2) is 11.6. The Hall–Kier alpha value is -3.36. The molecule has 0 saturated carbocycles. The maximum Gasteiger partial charge on any atom is 0.414 e. The molecule has 0 spiro atoms. The maximum absolute atomic E-state index is 11.0. The van der Waals surface area contributed by atoms with E-state index >= 15 is 0 Å². The van der Waals surface area contributed by atoms with Crippen LogP contribution in [0.4, 0.5) is 5.69 Å². The number of anilines is 1. The van der Waals surface area contributed by atoms with E-state index in [4.69, 9.17) is 19.8 Å². The summed E-state index contributed by atoms with van der Waals surface area (Å²) in [6, 6.07) is 17.6. The summed E-state index contributed by atoms with van der Waals surface area (Å²) >= 11 is 0. The second-order valence-electron chi connectivity index (χ2n) is 9.65. The van der Waals surface area contributed by atoms with Gasteiger partial charge in [-0.05, 0) is 56.4 Å². The number of β-amino-alcohol motifs (C(OH)–C–C–N with tert-alkyl or cyclic N) is 1. The SMILES string of the molecule is Cc1ccc(N2CCN(CC(O)Cn3c4c(c5ccccc53)CCCC4)CC2)cc1.O=C(O)C(=O)O. The average Bonchev–Trinajstić information content (AvgIpc) is 3.19. The average molecular weight is 494 g/mol. The number of aliphatic carboxylic acids is 2. The van der Waals surface area contributed by atoms with Crippen LogP contribution in [0.5, 0.6) is 0 Å². The molecule has 2 heterocycles. The Morgan fingerprint density at radius 1 is 0.861 bits per heavy atom. The summed E-state index contributed by atoms with van der Waals surface area (Å²) in [5.74, 6) is -3.65. The number of carbonyl (C=O) groups is 2. The van der Waals surface area contributed by atoms with Gasteiger partial charge in [-0.1, -0.05) is 35.9 Å². The van der Waals surface area contributed by atoms with Crippen LogP contribution in [-0.4, -0.2) is 75.6 Å². The van der Waals surface area contributed by atoms with Crippen LogP contribution >= 0.6 is 0 Å². The first-order valence-electron chi connectivity index (χ1n) is 12.6. The van der Waals surface area contributed by atoms with Gasteiger partial charge in [0.05, 0.1) is 12.6 Å². The Balaban J connectivity index is 0.000000455. The predicted octanol–water partition coefficient (Wildman–Crippen LogP) is 3.17. The zero-order chi connectivity index (χ0) is 25.7. The number of aromatic nitrogens is 1. The van der Waals surface area contributed by atoms with Gasteiger partial charge in [0.25, 0.3) is 0 Å². The lowest BCUT2D eigenvalue weighted by molar-refractivity contribution is -0.159. The van der Waals surface area contributed by atoms with Crippen molar-refractivity contribution in [2.24, 2.45) is 0 Å². The number of hydrogen-bond acceptors (Lipinski definition) is 5. The zero-order valence-corrected chi connectivity index (χ0v) is 20.8. The lowest BCUT2D eigenvalue weighted by atomic mass is 9.95. The molecule has 1 saturated heterocycles. The summed E-state index contributed by atoms with van der Waals surface area (Å²) in [7, 11) is 0. The number of nitrogens with zero attached hydrogens (tertiary/aromatic N) is 3. The van der Waals surface area contributed by atoms with Crippen molar-refractivity contribution in [1.82, 2.24) is 9.47 Å². The van der Waals surface area contributed by atoms with Crippen molar-refractivity contribution in [3.8, 4) is 0 Å². The van der Waals surface area contributed by atoms with Gasteiger partial charge in [0.15, 0.2) is 0 Å². The molecule has 36 heavy (non-hydrogen) atoms. The molecule has 2 aliphatic rings. The van der Waals surface area contributed by atoms with Crippen LogP contribution in [0.1, 0.15) is 29.7 Å². The summed E-state index contributed by atoms with van der Waals surface area (Å²) in [4.78, 5) is 23.1. The number of hydrogen-bond donors (Lipinski definition) is 3. The smallest absolute Gasteiger partial charge is 0.414 e. The molecule has 1 aromatic heterocycles. The maximum atomic E-state index is 11.0. The number of piperazine rings is 1. The van der Waals surface area contributed by atoms with Crippen molar-refractivity contribution in [3.05, 3.63) is 65.4 Å². The summed E-state index contributed by atoms with van der Waals surface area (Å²) in [5.41, 5.74) is 6.90. The number of aliphatic hydroxyl groups is 1. The quantitative estimate of drug-likeness (QED) is 0.469. The van der Waals surface area contributed by atoms with Gasteiger partial charge in [-0.15, -0.1) is 0 Å². The van der Waals surface area contributed by atoms with Crippen LogP contribution in [-0.2, 0) is 29.0 Å². The third kappa shape index (κ3) is 6.06. The molecule has 192 valence electrons. The highest BCUT2D eigenvalue weighted by molar-refractivity contribution is 6.27. The molecular formula is C28H35N3O5. The highest BCUT2D eigenvalue weighted by Gasteiger charge is 2.23. The minimum Gasteiger partial charge on any atom is -0.473 e. The van der Waals surface area contributed by atoms with E-state index in [-0.39, 0.29) is 6.10 Å². The molecule has 8 heteroatoms. The standard InChI is InChI=1S/C26H33N3O.C2H2O4/c1-20-10-12-21(13-11-20)28-16-14-27(15-17-28)18-22(30)19-29-25-8-4-2-6-23(25)24-7-3-5-9-26(24)29;3-1(4)2(5)6/h2,4,6,8,10-13,22,30H,3,5,7,9,14-19H2,1H3;(H,3,4)(H,5,6). The Kier molecular flexibility index (Phi) is 8.28. The van der Waals surface area contributed by atoms with Crippen molar-refractivity contribution in [3.63, 3.8) is 0 Å². The Labute approximate surface area is 211 Å². The van der Waals surface area contributed by atoms with E-state index in [1.54, 1.807) is 0 Å². The number of carboxylic acid groups (broad SMARTS) is 2. The van der Waals surface area contributed by atoms with Crippen molar-refractivity contribution in [2.75, 3.05) is 37.6 Å². The highest BCUT2D eigenvalue weighted by Crippen LogP contribution is 2.32. The minimum absolute atomic E-state index is 0.335. The van der Waals surface area contributed by atoms with E-state index in [0.29, 0.717) is 6.54 Å². The minimum atomic E-state index is -1.82. The van der Waals surface area contributed by atoms with Crippen molar-refractivity contribution < 1.29 is 24.9 Å². The monoisotopic (exact) mass is 493 g/mol. The third-order valence-electron chi connectivity index (χ3n) is 7.10. The van der Waals surface area contributed by atoms with Gasteiger partial charge in [0.1, 0.15) is 0 Å². The number of benzene rings is 2. The molecule has 3 N–H and O–H groups in total. The number of rotatable bonds is 5. The zero-order valence-electron chi connectivity index (χ0n) is 20.8. The number of aryl methyl sites for hydroxylation is 2. The molecule has 0 radical (unpaired) electrons. The third-order valence-corrected chi connectivity index (χ3v) is 7.10. The molecule has 3 aromatic rings. The van der Waals surface area contributed by atoms with Gasteiger partial charge in [0.2, 0.25) is 0 Å². The Bertz CT molecular complexity index is 1180. The summed E-state index contributed by atoms with van der Waals surface area (Å²) < 4.78 is 2.41. The Morgan fingerprint density at radius 2 is 1.50 bits per heavy atom. The normalized spacial score (nSPS) is 16.7. The molecule has 1 atom stereocenters. The molecular weight excluding hydrogens is 458 g/mol. The molecule has 2 aromatic carbocycles. The molecule has 0 bridgehead atoms. The van der Waals surface area contributed by atoms with Crippen molar-refractivity contribution >= 4 is 28.5 Å². The first kappa shape index (κ1) is 25.7.